The van der Waals surface area contributed by atoms with Crippen molar-refractivity contribution in [1.82, 2.24) is 4.90 Å². The van der Waals surface area contributed by atoms with E-state index in [-0.39, 0.29) is 24.4 Å². The molecule has 0 spiro atoms. The van der Waals surface area contributed by atoms with Crippen LogP contribution < -0.4 is 5.73 Å². The zero-order chi connectivity index (χ0) is 11.7. The van der Waals surface area contributed by atoms with Crippen molar-refractivity contribution in [3.8, 4) is 0 Å². The number of likely N-dealkylation sites (tertiary alicyclic amines) is 1. The van der Waals surface area contributed by atoms with Crippen molar-refractivity contribution in [2.24, 2.45) is 23.5 Å². The minimum atomic E-state index is 0. The van der Waals surface area contributed by atoms with Gasteiger partial charge in [0, 0.05) is 19.1 Å². The zero-order valence-electron chi connectivity index (χ0n) is 10.9. The minimum absolute atomic E-state index is 0. The van der Waals surface area contributed by atoms with Crippen molar-refractivity contribution in [1.29, 1.82) is 0 Å². The van der Waals surface area contributed by atoms with Gasteiger partial charge in [-0.05, 0) is 31.1 Å². The summed E-state index contributed by atoms with van der Waals surface area (Å²) in [5.74, 6) is 1.72. The molecule has 0 aromatic carbocycles. The molecule has 0 bridgehead atoms. The fourth-order valence-corrected chi connectivity index (χ4v) is 3.37. The van der Waals surface area contributed by atoms with Crippen molar-refractivity contribution in [2.75, 3.05) is 13.1 Å². The van der Waals surface area contributed by atoms with Crippen LogP contribution in [0.25, 0.3) is 0 Å². The van der Waals surface area contributed by atoms with E-state index in [1.165, 1.54) is 6.42 Å². The first kappa shape index (κ1) is 14.8. The maximum atomic E-state index is 12.3. The van der Waals surface area contributed by atoms with Crippen LogP contribution >= 0.6 is 12.4 Å². The van der Waals surface area contributed by atoms with Crippen LogP contribution in [0.4, 0.5) is 0 Å². The zero-order valence-corrected chi connectivity index (χ0v) is 11.7. The Morgan fingerprint density at radius 2 is 1.76 bits per heavy atom. The van der Waals surface area contributed by atoms with E-state index >= 15 is 0 Å². The average molecular weight is 261 g/mol. The molecule has 1 saturated carbocycles. The Morgan fingerprint density at radius 3 is 2.24 bits per heavy atom. The molecule has 1 amide bonds. The van der Waals surface area contributed by atoms with Gasteiger partial charge < -0.3 is 10.6 Å². The van der Waals surface area contributed by atoms with Crippen LogP contribution in [0.15, 0.2) is 0 Å². The van der Waals surface area contributed by atoms with Gasteiger partial charge in [0.15, 0.2) is 0 Å². The Kier molecular flexibility index (Phi) is 5.26. The summed E-state index contributed by atoms with van der Waals surface area (Å²) in [7, 11) is 0. The lowest BCUT2D eigenvalue weighted by molar-refractivity contribution is -0.138. The molecule has 1 aliphatic carbocycles. The molecule has 17 heavy (non-hydrogen) atoms. The molecule has 0 aromatic heterocycles. The molecule has 0 aromatic rings. The Morgan fingerprint density at radius 1 is 1.18 bits per heavy atom. The number of halogens is 1. The third kappa shape index (κ3) is 3.35. The molecule has 4 heteroatoms. The summed E-state index contributed by atoms with van der Waals surface area (Å²) in [6, 6.07) is 0.111. The largest absolute Gasteiger partial charge is 0.342 e. The van der Waals surface area contributed by atoms with Gasteiger partial charge >= 0.3 is 0 Å². The quantitative estimate of drug-likeness (QED) is 0.784. The van der Waals surface area contributed by atoms with E-state index in [9.17, 15) is 4.79 Å². The number of rotatable bonds is 1. The van der Waals surface area contributed by atoms with Gasteiger partial charge in [0.05, 0.1) is 5.92 Å². The Bertz CT molecular complexity index is 262. The number of carbonyl (C=O) groups is 1. The molecule has 1 aliphatic heterocycles. The number of amides is 1. The predicted octanol–water partition coefficient (Wildman–Crippen LogP) is 2.04. The molecule has 4 atom stereocenters. The standard InChI is InChI=1S/C13H24N2O.ClH/c1-9-6-10(2)8-15(7-9)13(16)11-4-3-5-12(11)14;/h9-12H,3-8,14H2,1-2H3;1H. The van der Waals surface area contributed by atoms with E-state index in [0.29, 0.717) is 17.7 Å². The van der Waals surface area contributed by atoms with E-state index in [1.807, 2.05) is 0 Å². The number of carbonyl (C=O) groups excluding carboxylic acids is 1. The van der Waals surface area contributed by atoms with Crippen molar-refractivity contribution in [3.05, 3.63) is 0 Å². The van der Waals surface area contributed by atoms with E-state index in [2.05, 4.69) is 18.7 Å². The normalized spacial score (nSPS) is 37.7. The van der Waals surface area contributed by atoms with E-state index in [1.54, 1.807) is 0 Å². The monoisotopic (exact) mass is 260 g/mol. The van der Waals surface area contributed by atoms with Gasteiger partial charge in [-0.25, -0.2) is 0 Å². The van der Waals surface area contributed by atoms with E-state index in [0.717, 1.165) is 32.4 Å². The maximum absolute atomic E-state index is 12.3. The first-order chi connectivity index (χ1) is 7.58. The summed E-state index contributed by atoms with van der Waals surface area (Å²) >= 11 is 0. The van der Waals surface area contributed by atoms with Gasteiger partial charge in [-0.1, -0.05) is 20.3 Å². The second-order valence-corrected chi connectivity index (χ2v) is 5.89. The van der Waals surface area contributed by atoms with Crippen molar-refractivity contribution >= 4 is 18.3 Å². The Hall–Kier alpha value is -0.280. The lowest BCUT2D eigenvalue weighted by atomic mass is 9.90. The SMILES string of the molecule is CC1CC(C)CN(C(=O)C2CCCC2N)C1.Cl. The highest BCUT2D eigenvalue weighted by molar-refractivity contribution is 5.85. The topological polar surface area (TPSA) is 46.3 Å². The highest BCUT2D eigenvalue weighted by atomic mass is 35.5. The van der Waals surface area contributed by atoms with Gasteiger partial charge in [0.25, 0.3) is 0 Å². The van der Waals surface area contributed by atoms with Gasteiger partial charge in [-0.2, -0.15) is 0 Å². The molecular weight excluding hydrogens is 236 g/mol. The summed E-state index contributed by atoms with van der Waals surface area (Å²) in [6.45, 7) is 6.35. The molecule has 2 fully saturated rings. The first-order valence-corrected chi connectivity index (χ1v) is 6.62. The summed E-state index contributed by atoms with van der Waals surface area (Å²) in [4.78, 5) is 14.4. The Balaban J connectivity index is 0.00000144. The third-order valence-electron chi connectivity index (χ3n) is 4.07. The molecule has 100 valence electrons. The summed E-state index contributed by atoms with van der Waals surface area (Å²) in [5.41, 5.74) is 6.01. The van der Waals surface area contributed by atoms with E-state index < -0.39 is 0 Å². The van der Waals surface area contributed by atoms with Gasteiger partial charge in [-0.3, -0.25) is 4.79 Å². The minimum Gasteiger partial charge on any atom is -0.342 e. The van der Waals surface area contributed by atoms with Crippen LogP contribution in [0.1, 0.15) is 39.5 Å². The fraction of sp³-hybridized carbons (Fsp3) is 0.923. The second-order valence-electron chi connectivity index (χ2n) is 5.89. The molecule has 1 heterocycles. The smallest absolute Gasteiger partial charge is 0.227 e. The van der Waals surface area contributed by atoms with Gasteiger partial charge in [0.2, 0.25) is 5.91 Å². The van der Waals surface area contributed by atoms with Crippen LogP contribution in [0.5, 0.6) is 0 Å². The average Bonchev–Trinajstić information content (AvgIpc) is 2.62. The molecule has 4 unspecified atom stereocenters. The van der Waals surface area contributed by atoms with Crippen LogP contribution in [0, 0.1) is 17.8 Å². The van der Waals surface area contributed by atoms with Crippen molar-refractivity contribution in [2.45, 2.75) is 45.6 Å². The molecule has 0 radical (unpaired) electrons. The number of hydrogen-bond acceptors (Lipinski definition) is 2. The molecule has 2 rings (SSSR count). The van der Waals surface area contributed by atoms with Gasteiger partial charge in [0.1, 0.15) is 0 Å². The Labute approximate surface area is 111 Å². The summed E-state index contributed by atoms with van der Waals surface area (Å²) in [6.07, 6.45) is 4.39. The fourth-order valence-electron chi connectivity index (χ4n) is 3.37. The predicted molar refractivity (Wildman–Crippen MR) is 72.1 cm³/mol. The molecule has 2 N–H and O–H groups in total. The van der Waals surface area contributed by atoms with Gasteiger partial charge in [-0.15, -0.1) is 12.4 Å². The van der Waals surface area contributed by atoms with Crippen LogP contribution in [0.2, 0.25) is 0 Å². The highest BCUT2D eigenvalue weighted by Crippen LogP contribution is 2.29. The lowest BCUT2D eigenvalue weighted by Crippen LogP contribution is -2.47. The second kappa shape index (κ2) is 6.05. The van der Waals surface area contributed by atoms with Crippen molar-refractivity contribution < 1.29 is 4.79 Å². The number of hydrogen-bond donors (Lipinski definition) is 1. The summed E-state index contributed by atoms with van der Waals surface area (Å²) < 4.78 is 0. The van der Waals surface area contributed by atoms with Crippen LogP contribution in [0.3, 0.4) is 0 Å². The van der Waals surface area contributed by atoms with E-state index in [4.69, 9.17) is 5.73 Å². The van der Waals surface area contributed by atoms with Crippen LogP contribution in [-0.2, 0) is 4.79 Å². The number of nitrogens with two attached hydrogens (primary N) is 1. The maximum Gasteiger partial charge on any atom is 0.227 e. The molecular formula is C13H25ClN2O. The first-order valence-electron chi connectivity index (χ1n) is 6.62. The third-order valence-corrected chi connectivity index (χ3v) is 4.07. The number of piperidine rings is 1. The summed E-state index contributed by atoms with van der Waals surface area (Å²) in [5, 5.41) is 0. The molecule has 1 saturated heterocycles. The molecule has 2 aliphatic rings. The van der Waals surface area contributed by atoms with Crippen LogP contribution in [-0.4, -0.2) is 29.9 Å². The lowest BCUT2D eigenvalue weighted by Gasteiger charge is -2.37. The number of nitrogens with zero attached hydrogens (tertiary/aromatic N) is 1. The molecule has 3 nitrogen and oxygen atoms in total. The highest BCUT2D eigenvalue weighted by Gasteiger charge is 2.35. The van der Waals surface area contributed by atoms with Crippen molar-refractivity contribution in [3.63, 3.8) is 0 Å².